The van der Waals surface area contributed by atoms with Crippen LogP contribution in [-0.4, -0.2) is 16.0 Å². The molecule has 8 heteroatoms. The van der Waals surface area contributed by atoms with Gasteiger partial charge in [-0.1, -0.05) is 23.4 Å². The van der Waals surface area contributed by atoms with Crippen LogP contribution in [0.25, 0.3) is 22.2 Å². The lowest BCUT2D eigenvalue weighted by Crippen LogP contribution is -2.12. The number of nitrogens with one attached hydrogen (secondary N) is 1. The van der Waals surface area contributed by atoms with Gasteiger partial charge in [0.1, 0.15) is 16.5 Å². The second-order valence-electron chi connectivity index (χ2n) is 6.01. The maximum Gasteiger partial charge on any atom is 0.270 e. The van der Waals surface area contributed by atoms with Gasteiger partial charge in [-0.25, -0.2) is 8.78 Å². The molecule has 0 saturated heterocycles. The maximum atomic E-state index is 13.7. The van der Waals surface area contributed by atoms with E-state index in [1.165, 1.54) is 29.5 Å². The monoisotopic (exact) mass is 397 g/mol. The number of hydrogen-bond acceptors (Lipinski definition) is 5. The van der Waals surface area contributed by atoms with Gasteiger partial charge in [-0.05, 0) is 48.2 Å². The van der Waals surface area contributed by atoms with E-state index in [4.69, 9.17) is 4.52 Å². The van der Waals surface area contributed by atoms with Crippen molar-refractivity contribution in [2.75, 3.05) is 5.32 Å². The van der Waals surface area contributed by atoms with Crippen molar-refractivity contribution in [2.45, 2.75) is 6.92 Å². The average molecular weight is 397 g/mol. The molecule has 2 aromatic heterocycles. The minimum atomic E-state index is -0.455. The van der Waals surface area contributed by atoms with E-state index in [9.17, 15) is 13.6 Å². The van der Waals surface area contributed by atoms with Gasteiger partial charge in [-0.2, -0.15) is 4.98 Å². The summed E-state index contributed by atoms with van der Waals surface area (Å²) >= 11 is 1.30. The Labute approximate surface area is 162 Å². The standard InChI is InChI=1S/C20H13F2N3O2S/c1-11-5-6-13(10-15(11)22)19(26)23-16-7-8-28-17(16)20-24-18(25-27-20)12-3-2-4-14(21)9-12/h2-10H,1H3,(H,23,26). The van der Waals surface area contributed by atoms with E-state index in [1.54, 1.807) is 42.6 Å². The Morgan fingerprint density at radius 1 is 1.14 bits per heavy atom. The number of thiophene rings is 1. The van der Waals surface area contributed by atoms with Gasteiger partial charge in [0.05, 0.1) is 5.69 Å². The summed E-state index contributed by atoms with van der Waals surface area (Å²) in [6, 6.07) is 11.8. The molecule has 0 atom stereocenters. The molecule has 140 valence electrons. The van der Waals surface area contributed by atoms with Crippen molar-refractivity contribution >= 4 is 22.9 Å². The number of carbonyl (C=O) groups is 1. The van der Waals surface area contributed by atoms with Crippen molar-refractivity contribution in [1.82, 2.24) is 10.1 Å². The summed E-state index contributed by atoms with van der Waals surface area (Å²) in [7, 11) is 0. The molecule has 2 aromatic carbocycles. The fourth-order valence-corrected chi connectivity index (χ4v) is 3.33. The highest BCUT2D eigenvalue weighted by Gasteiger charge is 2.18. The van der Waals surface area contributed by atoms with Gasteiger partial charge in [-0.3, -0.25) is 4.79 Å². The van der Waals surface area contributed by atoms with E-state index < -0.39 is 17.5 Å². The van der Waals surface area contributed by atoms with Crippen LogP contribution < -0.4 is 5.32 Å². The van der Waals surface area contributed by atoms with E-state index in [0.29, 0.717) is 21.7 Å². The maximum absolute atomic E-state index is 13.7. The zero-order valence-electron chi connectivity index (χ0n) is 14.6. The molecule has 5 nitrogen and oxygen atoms in total. The molecule has 0 fully saturated rings. The average Bonchev–Trinajstić information content (AvgIpc) is 3.33. The number of aryl methyl sites for hydroxylation is 1. The highest BCUT2D eigenvalue weighted by molar-refractivity contribution is 7.14. The number of anilines is 1. The minimum Gasteiger partial charge on any atom is -0.333 e. The normalized spacial score (nSPS) is 10.8. The molecule has 0 radical (unpaired) electrons. The highest BCUT2D eigenvalue weighted by Crippen LogP contribution is 2.34. The smallest absolute Gasteiger partial charge is 0.270 e. The molecule has 0 spiro atoms. The molecule has 4 rings (SSSR count). The van der Waals surface area contributed by atoms with Gasteiger partial charge >= 0.3 is 0 Å². The van der Waals surface area contributed by atoms with E-state index >= 15 is 0 Å². The lowest BCUT2D eigenvalue weighted by molar-refractivity contribution is 0.102. The first-order valence-electron chi connectivity index (χ1n) is 8.26. The summed E-state index contributed by atoms with van der Waals surface area (Å²) in [6.07, 6.45) is 0. The Balaban J connectivity index is 1.59. The molecule has 28 heavy (non-hydrogen) atoms. The lowest BCUT2D eigenvalue weighted by Gasteiger charge is -2.05. The third-order valence-corrected chi connectivity index (χ3v) is 4.95. The minimum absolute atomic E-state index is 0.194. The first kappa shape index (κ1) is 18.0. The van der Waals surface area contributed by atoms with Crippen LogP contribution in [0.4, 0.5) is 14.5 Å². The van der Waals surface area contributed by atoms with Gasteiger partial charge in [-0.15, -0.1) is 11.3 Å². The third-order valence-electron chi connectivity index (χ3n) is 4.05. The van der Waals surface area contributed by atoms with Crippen molar-refractivity contribution in [3.05, 3.63) is 76.7 Å². The number of hydrogen-bond donors (Lipinski definition) is 1. The van der Waals surface area contributed by atoms with Crippen LogP contribution in [0.5, 0.6) is 0 Å². The molecule has 1 N–H and O–H groups in total. The number of benzene rings is 2. The van der Waals surface area contributed by atoms with Crippen LogP contribution >= 0.6 is 11.3 Å². The van der Waals surface area contributed by atoms with Crippen LogP contribution in [0.15, 0.2) is 58.4 Å². The van der Waals surface area contributed by atoms with Gasteiger partial charge in [0, 0.05) is 11.1 Å². The third kappa shape index (κ3) is 3.54. The first-order chi connectivity index (χ1) is 13.5. The molecule has 2 heterocycles. The molecule has 0 bridgehead atoms. The van der Waals surface area contributed by atoms with Crippen LogP contribution in [0.2, 0.25) is 0 Å². The van der Waals surface area contributed by atoms with Crippen molar-refractivity contribution < 1.29 is 18.1 Å². The highest BCUT2D eigenvalue weighted by atomic mass is 32.1. The summed E-state index contributed by atoms with van der Waals surface area (Å²) in [5.74, 6) is -0.878. The number of aromatic nitrogens is 2. The molecule has 0 unspecified atom stereocenters. The molecular weight excluding hydrogens is 384 g/mol. The summed E-state index contributed by atoms with van der Waals surface area (Å²) in [5.41, 5.74) is 1.60. The van der Waals surface area contributed by atoms with Gasteiger partial charge in [0.2, 0.25) is 5.82 Å². The second-order valence-corrected chi connectivity index (χ2v) is 6.93. The Hall–Kier alpha value is -3.39. The largest absolute Gasteiger partial charge is 0.333 e. The fourth-order valence-electron chi connectivity index (χ4n) is 2.56. The molecule has 0 saturated carbocycles. The molecule has 4 aromatic rings. The Morgan fingerprint density at radius 2 is 2.00 bits per heavy atom. The topological polar surface area (TPSA) is 68.0 Å². The van der Waals surface area contributed by atoms with E-state index in [1.807, 2.05) is 0 Å². The molecule has 1 amide bonds. The predicted molar refractivity (Wildman–Crippen MR) is 102 cm³/mol. The van der Waals surface area contributed by atoms with Crippen LogP contribution in [0.3, 0.4) is 0 Å². The van der Waals surface area contributed by atoms with E-state index in [0.717, 1.165) is 0 Å². The lowest BCUT2D eigenvalue weighted by atomic mass is 10.1. The van der Waals surface area contributed by atoms with Crippen LogP contribution in [0.1, 0.15) is 15.9 Å². The first-order valence-corrected chi connectivity index (χ1v) is 9.14. The zero-order chi connectivity index (χ0) is 19.7. The summed E-state index contributed by atoms with van der Waals surface area (Å²) < 4.78 is 32.4. The summed E-state index contributed by atoms with van der Waals surface area (Å²) in [5, 5.41) is 8.36. The number of carbonyl (C=O) groups excluding carboxylic acids is 1. The van der Waals surface area contributed by atoms with Crippen LogP contribution in [-0.2, 0) is 0 Å². The number of halogens is 2. The molecule has 0 aliphatic rings. The number of amides is 1. The van der Waals surface area contributed by atoms with Crippen molar-refractivity contribution in [3.8, 4) is 22.2 Å². The second kappa shape index (κ2) is 7.32. The summed E-state index contributed by atoms with van der Waals surface area (Å²) in [4.78, 5) is 17.3. The van der Waals surface area contributed by atoms with Gasteiger partial charge in [0.25, 0.3) is 11.8 Å². The molecule has 0 aliphatic carbocycles. The van der Waals surface area contributed by atoms with E-state index in [-0.39, 0.29) is 17.3 Å². The Kier molecular flexibility index (Phi) is 4.70. The summed E-state index contributed by atoms with van der Waals surface area (Å²) in [6.45, 7) is 1.62. The Morgan fingerprint density at radius 3 is 2.79 bits per heavy atom. The van der Waals surface area contributed by atoms with E-state index in [2.05, 4.69) is 15.5 Å². The molecule has 0 aliphatic heterocycles. The fraction of sp³-hybridized carbons (Fsp3) is 0.0500. The number of nitrogens with zero attached hydrogens (tertiary/aromatic N) is 2. The SMILES string of the molecule is Cc1ccc(C(=O)Nc2ccsc2-c2nc(-c3cccc(F)c3)no2)cc1F. The van der Waals surface area contributed by atoms with Crippen molar-refractivity contribution in [1.29, 1.82) is 0 Å². The molecular formula is C20H13F2N3O2S. The predicted octanol–water partition coefficient (Wildman–Crippen LogP) is 5.30. The number of rotatable bonds is 4. The Bertz CT molecular complexity index is 1170. The van der Waals surface area contributed by atoms with Gasteiger partial charge in [0.15, 0.2) is 0 Å². The van der Waals surface area contributed by atoms with Crippen molar-refractivity contribution in [2.24, 2.45) is 0 Å². The van der Waals surface area contributed by atoms with Gasteiger partial charge < -0.3 is 9.84 Å². The van der Waals surface area contributed by atoms with Crippen molar-refractivity contribution in [3.63, 3.8) is 0 Å². The van der Waals surface area contributed by atoms with Crippen LogP contribution in [0, 0.1) is 18.6 Å². The quantitative estimate of drug-likeness (QED) is 0.507. The zero-order valence-corrected chi connectivity index (χ0v) is 15.4.